The van der Waals surface area contributed by atoms with Crippen molar-refractivity contribution in [3.8, 4) is 5.75 Å². The fourth-order valence-electron chi connectivity index (χ4n) is 2.38. The zero-order chi connectivity index (χ0) is 14.7. The maximum atomic E-state index is 11.2. The predicted molar refractivity (Wildman–Crippen MR) is 80.8 cm³/mol. The molecule has 0 bridgehead atoms. The molecular weight excluding hydrogens is 266 g/mol. The van der Waals surface area contributed by atoms with Gasteiger partial charge >= 0.3 is 5.97 Å². The minimum Gasteiger partial charge on any atom is -0.492 e. The van der Waals surface area contributed by atoms with Gasteiger partial charge in [0.2, 0.25) is 0 Å². The van der Waals surface area contributed by atoms with Gasteiger partial charge in [0.15, 0.2) is 0 Å². The molecule has 3 aromatic rings. The lowest BCUT2D eigenvalue weighted by molar-refractivity contribution is 0.0699. The summed E-state index contributed by atoms with van der Waals surface area (Å²) in [6, 6.07) is 16.8. The van der Waals surface area contributed by atoms with E-state index in [9.17, 15) is 9.90 Å². The molecule has 106 valence electrons. The smallest absolute Gasteiger partial charge is 0.336 e. The Labute approximate surface area is 122 Å². The third-order valence-corrected chi connectivity index (χ3v) is 3.39. The van der Waals surface area contributed by atoms with Gasteiger partial charge in [-0.25, -0.2) is 4.79 Å². The van der Waals surface area contributed by atoms with Crippen LogP contribution in [0.25, 0.3) is 10.9 Å². The van der Waals surface area contributed by atoms with Crippen LogP contribution in [0.1, 0.15) is 10.4 Å². The summed E-state index contributed by atoms with van der Waals surface area (Å²) >= 11 is 0. The molecule has 0 atom stereocenters. The van der Waals surface area contributed by atoms with E-state index >= 15 is 0 Å². The lowest BCUT2D eigenvalue weighted by Gasteiger charge is -2.08. The molecule has 0 radical (unpaired) electrons. The van der Waals surface area contributed by atoms with Crippen LogP contribution >= 0.6 is 0 Å². The quantitative estimate of drug-likeness (QED) is 0.779. The van der Waals surface area contributed by atoms with Crippen molar-refractivity contribution in [2.45, 2.75) is 6.54 Å². The Bertz CT molecular complexity index is 762. The highest BCUT2D eigenvalue weighted by Crippen LogP contribution is 2.20. The van der Waals surface area contributed by atoms with Gasteiger partial charge in [0.1, 0.15) is 12.4 Å². The molecular formula is C17H15NO3. The van der Waals surface area contributed by atoms with Crippen LogP contribution in [0.4, 0.5) is 0 Å². The van der Waals surface area contributed by atoms with Gasteiger partial charge in [-0.05, 0) is 30.3 Å². The fraction of sp³-hybridized carbons (Fsp3) is 0.118. The largest absolute Gasteiger partial charge is 0.492 e. The van der Waals surface area contributed by atoms with Gasteiger partial charge in [0.25, 0.3) is 0 Å². The number of para-hydroxylation sites is 1. The number of carboxylic acids is 1. The van der Waals surface area contributed by atoms with E-state index in [1.807, 2.05) is 53.2 Å². The van der Waals surface area contributed by atoms with Crippen molar-refractivity contribution < 1.29 is 14.6 Å². The minimum absolute atomic E-state index is 0.329. The molecule has 0 unspecified atom stereocenters. The Balaban J connectivity index is 1.76. The van der Waals surface area contributed by atoms with Gasteiger partial charge in [-0.2, -0.15) is 0 Å². The van der Waals surface area contributed by atoms with Crippen molar-refractivity contribution in [1.29, 1.82) is 0 Å². The first kappa shape index (κ1) is 13.2. The van der Waals surface area contributed by atoms with Gasteiger partial charge in [-0.3, -0.25) is 0 Å². The number of hydrogen-bond acceptors (Lipinski definition) is 2. The molecule has 1 heterocycles. The van der Waals surface area contributed by atoms with E-state index in [1.165, 1.54) is 0 Å². The SMILES string of the molecule is O=C(O)c1cccc2c1ccn2CCOc1ccccc1. The predicted octanol–water partition coefficient (Wildman–Crippen LogP) is 3.42. The second-order valence-electron chi connectivity index (χ2n) is 4.71. The average molecular weight is 281 g/mol. The number of rotatable bonds is 5. The van der Waals surface area contributed by atoms with Crippen molar-refractivity contribution in [2.75, 3.05) is 6.61 Å². The molecule has 0 saturated heterocycles. The summed E-state index contributed by atoms with van der Waals surface area (Å²) in [5, 5.41) is 9.94. The first-order valence-corrected chi connectivity index (χ1v) is 6.75. The number of fused-ring (bicyclic) bond motifs is 1. The van der Waals surface area contributed by atoms with Gasteiger partial charge < -0.3 is 14.4 Å². The van der Waals surface area contributed by atoms with Crippen LogP contribution in [0.5, 0.6) is 5.75 Å². The molecule has 0 fully saturated rings. The van der Waals surface area contributed by atoms with E-state index in [0.717, 1.165) is 16.7 Å². The number of ether oxygens (including phenoxy) is 1. The Morgan fingerprint density at radius 3 is 2.62 bits per heavy atom. The number of aromatic nitrogens is 1. The van der Waals surface area contributed by atoms with Gasteiger partial charge in [-0.15, -0.1) is 0 Å². The monoisotopic (exact) mass is 281 g/mol. The first-order chi connectivity index (χ1) is 10.3. The second kappa shape index (κ2) is 5.71. The third kappa shape index (κ3) is 2.74. The summed E-state index contributed by atoms with van der Waals surface area (Å²) < 4.78 is 7.67. The Morgan fingerprint density at radius 2 is 1.86 bits per heavy atom. The molecule has 2 aromatic carbocycles. The molecule has 4 nitrogen and oxygen atoms in total. The Morgan fingerprint density at radius 1 is 1.05 bits per heavy atom. The fourth-order valence-corrected chi connectivity index (χ4v) is 2.38. The zero-order valence-electron chi connectivity index (χ0n) is 11.4. The number of nitrogens with zero attached hydrogens (tertiary/aromatic N) is 1. The molecule has 0 amide bonds. The normalized spacial score (nSPS) is 10.7. The van der Waals surface area contributed by atoms with Crippen LogP contribution in [-0.4, -0.2) is 22.2 Å². The minimum atomic E-state index is -0.904. The molecule has 0 spiro atoms. The van der Waals surface area contributed by atoms with Crippen LogP contribution in [0.15, 0.2) is 60.8 Å². The topological polar surface area (TPSA) is 51.5 Å². The van der Waals surface area contributed by atoms with E-state index in [1.54, 1.807) is 12.1 Å². The second-order valence-corrected chi connectivity index (χ2v) is 4.71. The molecule has 0 aliphatic rings. The van der Waals surface area contributed by atoms with E-state index in [2.05, 4.69) is 0 Å². The zero-order valence-corrected chi connectivity index (χ0v) is 11.4. The lowest BCUT2D eigenvalue weighted by atomic mass is 10.1. The molecule has 3 rings (SSSR count). The van der Waals surface area contributed by atoms with Gasteiger partial charge in [-0.1, -0.05) is 24.3 Å². The number of carbonyl (C=O) groups is 1. The van der Waals surface area contributed by atoms with Crippen LogP contribution < -0.4 is 4.74 Å². The summed E-state index contributed by atoms with van der Waals surface area (Å²) in [4.78, 5) is 11.2. The third-order valence-electron chi connectivity index (χ3n) is 3.39. The lowest BCUT2D eigenvalue weighted by Crippen LogP contribution is -2.07. The van der Waals surface area contributed by atoms with E-state index in [0.29, 0.717) is 18.7 Å². The summed E-state index contributed by atoms with van der Waals surface area (Å²) in [6.07, 6.45) is 1.89. The maximum absolute atomic E-state index is 11.2. The molecule has 0 aliphatic heterocycles. The average Bonchev–Trinajstić information content (AvgIpc) is 2.91. The highest BCUT2D eigenvalue weighted by atomic mass is 16.5. The van der Waals surface area contributed by atoms with Gasteiger partial charge in [0, 0.05) is 17.1 Å². The van der Waals surface area contributed by atoms with Gasteiger partial charge in [0.05, 0.1) is 12.1 Å². The summed E-state index contributed by atoms with van der Waals surface area (Å²) in [6.45, 7) is 1.20. The molecule has 0 aliphatic carbocycles. The maximum Gasteiger partial charge on any atom is 0.336 e. The summed E-state index contributed by atoms with van der Waals surface area (Å²) in [5.74, 6) is -0.0703. The van der Waals surface area contributed by atoms with E-state index < -0.39 is 5.97 Å². The molecule has 4 heteroatoms. The molecule has 1 N–H and O–H groups in total. The Kier molecular flexibility index (Phi) is 3.60. The van der Waals surface area contributed by atoms with Crippen molar-refractivity contribution in [3.63, 3.8) is 0 Å². The van der Waals surface area contributed by atoms with Crippen molar-refractivity contribution in [2.24, 2.45) is 0 Å². The van der Waals surface area contributed by atoms with Crippen molar-refractivity contribution in [1.82, 2.24) is 4.57 Å². The number of aromatic carboxylic acids is 1. The van der Waals surface area contributed by atoms with Crippen LogP contribution in [0.2, 0.25) is 0 Å². The van der Waals surface area contributed by atoms with E-state index in [4.69, 9.17) is 4.74 Å². The molecule has 0 saturated carbocycles. The molecule has 21 heavy (non-hydrogen) atoms. The van der Waals surface area contributed by atoms with Crippen LogP contribution in [0.3, 0.4) is 0 Å². The van der Waals surface area contributed by atoms with Crippen molar-refractivity contribution in [3.05, 3.63) is 66.4 Å². The van der Waals surface area contributed by atoms with E-state index in [-0.39, 0.29) is 0 Å². The summed E-state index contributed by atoms with van der Waals surface area (Å²) in [5.41, 5.74) is 1.24. The molecule has 1 aromatic heterocycles. The highest BCUT2D eigenvalue weighted by Gasteiger charge is 2.10. The highest BCUT2D eigenvalue weighted by molar-refractivity contribution is 6.02. The number of hydrogen-bond donors (Lipinski definition) is 1. The Hall–Kier alpha value is -2.75. The van der Waals surface area contributed by atoms with Crippen molar-refractivity contribution >= 4 is 16.9 Å². The first-order valence-electron chi connectivity index (χ1n) is 6.75. The number of carboxylic acid groups (broad SMARTS) is 1. The standard InChI is InChI=1S/C17H15NO3/c19-17(20)15-7-4-8-16-14(15)9-10-18(16)11-12-21-13-5-2-1-3-6-13/h1-10H,11-12H2,(H,19,20). The summed E-state index contributed by atoms with van der Waals surface area (Å²) in [7, 11) is 0. The van der Waals surface area contributed by atoms with Crippen LogP contribution in [-0.2, 0) is 6.54 Å². The number of benzene rings is 2. The van der Waals surface area contributed by atoms with Crippen LogP contribution in [0, 0.1) is 0 Å².